The molecule has 0 aliphatic heterocycles. The number of halogens is 1. The largest absolute Gasteiger partial charge is 0.493 e. The predicted octanol–water partition coefficient (Wildman–Crippen LogP) is 2.85. The molecule has 0 aliphatic carbocycles. The van der Waals surface area contributed by atoms with Crippen molar-refractivity contribution in [2.75, 3.05) is 12.5 Å². The highest BCUT2D eigenvalue weighted by molar-refractivity contribution is 6.30. The van der Waals surface area contributed by atoms with Gasteiger partial charge in [0.25, 0.3) is 5.56 Å². The summed E-state index contributed by atoms with van der Waals surface area (Å²) in [6, 6.07) is 12.8. The van der Waals surface area contributed by atoms with Crippen LogP contribution in [-0.2, 0) is 6.61 Å². The Labute approximate surface area is 159 Å². The van der Waals surface area contributed by atoms with Crippen LogP contribution in [0.5, 0.6) is 11.5 Å². The van der Waals surface area contributed by atoms with E-state index < -0.39 is 0 Å². The molecule has 138 valence electrons. The van der Waals surface area contributed by atoms with Gasteiger partial charge in [-0.3, -0.25) is 9.78 Å². The first-order valence-corrected chi connectivity index (χ1v) is 8.29. The number of hydrogen-bond donors (Lipinski definition) is 2. The SMILES string of the molecule is COc1cccc(/C=N/Nc2nncc(=O)[nH]2)c1OCc1cccc(Cl)c1. The molecule has 0 saturated heterocycles. The number of methoxy groups -OCH3 is 1. The fraction of sp³-hybridized carbons (Fsp3) is 0.111. The zero-order chi connectivity index (χ0) is 19.1. The highest BCUT2D eigenvalue weighted by atomic mass is 35.5. The fourth-order valence-corrected chi connectivity index (χ4v) is 2.47. The third kappa shape index (κ3) is 5.05. The van der Waals surface area contributed by atoms with Crippen LogP contribution in [0.25, 0.3) is 0 Å². The molecule has 0 unspecified atom stereocenters. The number of para-hydroxylation sites is 1. The molecule has 0 saturated carbocycles. The molecule has 8 nitrogen and oxygen atoms in total. The lowest BCUT2D eigenvalue weighted by Crippen LogP contribution is -2.10. The molecule has 2 aromatic carbocycles. The number of aromatic amines is 1. The van der Waals surface area contributed by atoms with Crippen molar-refractivity contribution < 1.29 is 9.47 Å². The standard InChI is InChI=1S/C18H16ClN5O3/c1-26-15-7-3-5-13(9-20-23-18-22-16(25)10-21-24-18)17(15)27-11-12-4-2-6-14(19)8-12/h2-10H,11H2,1H3,(H2,22,23,24,25)/b20-9+. The molecule has 9 heteroatoms. The first-order chi connectivity index (χ1) is 13.2. The van der Waals surface area contributed by atoms with Crippen molar-refractivity contribution in [2.45, 2.75) is 6.61 Å². The fourth-order valence-electron chi connectivity index (χ4n) is 2.26. The van der Waals surface area contributed by atoms with Gasteiger partial charge >= 0.3 is 0 Å². The van der Waals surface area contributed by atoms with Crippen molar-refractivity contribution in [3.8, 4) is 11.5 Å². The zero-order valence-electron chi connectivity index (χ0n) is 14.3. The van der Waals surface area contributed by atoms with Gasteiger partial charge in [-0.15, -0.1) is 10.2 Å². The van der Waals surface area contributed by atoms with Crippen LogP contribution in [-0.4, -0.2) is 28.5 Å². The number of aromatic nitrogens is 3. The van der Waals surface area contributed by atoms with Gasteiger partial charge in [0.05, 0.1) is 13.3 Å². The van der Waals surface area contributed by atoms with Crippen LogP contribution in [0.4, 0.5) is 5.95 Å². The summed E-state index contributed by atoms with van der Waals surface area (Å²) >= 11 is 6.01. The maximum Gasteiger partial charge on any atom is 0.271 e. The van der Waals surface area contributed by atoms with Gasteiger partial charge in [-0.05, 0) is 29.8 Å². The van der Waals surface area contributed by atoms with Gasteiger partial charge < -0.3 is 9.47 Å². The summed E-state index contributed by atoms with van der Waals surface area (Å²) in [5, 5.41) is 11.9. The van der Waals surface area contributed by atoms with E-state index in [4.69, 9.17) is 21.1 Å². The van der Waals surface area contributed by atoms with Crippen LogP contribution in [0.3, 0.4) is 0 Å². The number of hydrazone groups is 1. The molecule has 1 heterocycles. The summed E-state index contributed by atoms with van der Waals surface area (Å²) < 4.78 is 11.3. The topological polar surface area (TPSA) is 101 Å². The third-order valence-corrected chi connectivity index (χ3v) is 3.68. The van der Waals surface area contributed by atoms with Crippen molar-refractivity contribution in [2.24, 2.45) is 5.10 Å². The molecule has 0 amide bonds. The predicted molar refractivity (Wildman–Crippen MR) is 103 cm³/mol. The maximum absolute atomic E-state index is 11.2. The number of nitrogens with zero attached hydrogens (tertiary/aromatic N) is 3. The van der Waals surface area contributed by atoms with Gasteiger partial charge in [0.1, 0.15) is 12.8 Å². The molecule has 3 rings (SSSR count). The van der Waals surface area contributed by atoms with E-state index in [-0.39, 0.29) is 11.5 Å². The van der Waals surface area contributed by atoms with Crippen molar-refractivity contribution in [1.82, 2.24) is 15.2 Å². The van der Waals surface area contributed by atoms with E-state index in [1.165, 1.54) is 6.21 Å². The van der Waals surface area contributed by atoms with Gasteiger partial charge in [0.15, 0.2) is 11.5 Å². The Morgan fingerprint density at radius 1 is 1.30 bits per heavy atom. The second-order valence-electron chi connectivity index (χ2n) is 5.35. The highest BCUT2D eigenvalue weighted by Crippen LogP contribution is 2.31. The Bertz CT molecular complexity index is 1010. The van der Waals surface area contributed by atoms with Gasteiger partial charge in [0.2, 0.25) is 5.95 Å². The van der Waals surface area contributed by atoms with Gasteiger partial charge in [-0.1, -0.05) is 29.8 Å². The monoisotopic (exact) mass is 385 g/mol. The number of hydrogen-bond acceptors (Lipinski definition) is 7. The van der Waals surface area contributed by atoms with Crippen molar-refractivity contribution in [3.05, 3.63) is 75.2 Å². The van der Waals surface area contributed by atoms with Crippen LogP contribution in [0.2, 0.25) is 5.02 Å². The molecule has 0 fully saturated rings. The van der Waals surface area contributed by atoms with E-state index in [0.29, 0.717) is 28.7 Å². The zero-order valence-corrected chi connectivity index (χ0v) is 15.1. The molecule has 0 bridgehead atoms. The Morgan fingerprint density at radius 2 is 2.15 bits per heavy atom. The first-order valence-electron chi connectivity index (χ1n) is 7.91. The molecule has 0 spiro atoms. The lowest BCUT2D eigenvalue weighted by Gasteiger charge is -2.13. The molecule has 1 aromatic heterocycles. The third-order valence-electron chi connectivity index (χ3n) is 3.45. The molecule has 0 aliphatic rings. The number of H-pyrrole nitrogens is 1. The highest BCUT2D eigenvalue weighted by Gasteiger charge is 2.10. The normalized spacial score (nSPS) is 10.7. The number of benzene rings is 2. The number of nitrogens with one attached hydrogen (secondary N) is 2. The molecule has 27 heavy (non-hydrogen) atoms. The summed E-state index contributed by atoms with van der Waals surface area (Å²) in [6.45, 7) is 0.312. The second-order valence-corrected chi connectivity index (χ2v) is 5.79. The summed E-state index contributed by atoms with van der Waals surface area (Å²) in [6.07, 6.45) is 2.60. The van der Waals surface area contributed by atoms with Gasteiger partial charge in [-0.25, -0.2) is 5.43 Å². The van der Waals surface area contributed by atoms with Gasteiger partial charge in [0, 0.05) is 10.6 Å². The molecule has 0 atom stereocenters. The molecule has 2 N–H and O–H groups in total. The summed E-state index contributed by atoms with van der Waals surface area (Å²) in [5.41, 5.74) is 3.83. The van der Waals surface area contributed by atoms with Crippen molar-refractivity contribution in [1.29, 1.82) is 0 Å². The Morgan fingerprint density at radius 3 is 2.93 bits per heavy atom. The number of rotatable bonds is 7. The molecular formula is C18H16ClN5O3. The van der Waals surface area contributed by atoms with E-state index in [9.17, 15) is 4.79 Å². The van der Waals surface area contributed by atoms with E-state index in [0.717, 1.165) is 11.8 Å². The van der Waals surface area contributed by atoms with Crippen LogP contribution in [0.15, 0.2) is 58.6 Å². The molecule has 0 radical (unpaired) electrons. The number of ether oxygens (including phenoxy) is 2. The van der Waals surface area contributed by atoms with Crippen molar-refractivity contribution >= 4 is 23.8 Å². The van der Waals surface area contributed by atoms with E-state index in [2.05, 4.69) is 25.7 Å². The minimum Gasteiger partial charge on any atom is -0.493 e. The van der Waals surface area contributed by atoms with Crippen molar-refractivity contribution in [3.63, 3.8) is 0 Å². The number of anilines is 1. The Kier molecular flexibility index (Phi) is 6.01. The summed E-state index contributed by atoms with van der Waals surface area (Å²) in [4.78, 5) is 13.7. The van der Waals surface area contributed by atoms with E-state index in [1.54, 1.807) is 19.2 Å². The van der Waals surface area contributed by atoms with Gasteiger partial charge in [-0.2, -0.15) is 5.10 Å². The lowest BCUT2D eigenvalue weighted by molar-refractivity contribution is 0.284. The summed E-state index contributed by atoms with van der Waals surface area (Å²) in [5.74, 6) is 1.22. The van der Waals surface area contributed by atoms with Crippen LogP contribution >= 0.6 is 11.6 Å². The minimum atomic E-state index is -0.380. The minimum absolute atomic E-state index is 0.128. The van der Waals surface area contributed by atoms with E-state index >= 15 is 0 Å². The van der Waals surface area contributed by atoms with Crippen LogP contribution < -0.4 is 20.5 Å². The Hall–Kier alpha value is -3.39. The Balaban J connectivity index is 1.78. The average Bonchev–Trinajstić information content (AvgIpc) is 2.67. The summed E-state index contributed by atoms with van der Waals surface area (Å²) in [7, 11) is 1.56. The molecular weight excluding hydrogens is 370 g/mol. The van der Waals surface area contributed by atoms with Crippen LogP contribution in [0, 0.1) is 0 Å². The molecule has 3 aromatic rings. The van der Waals surface area contributed by atoms with E-state index in [1.807, 2.05) is 30.3 Å². The maximum atomic E-state index is 11.2. The second kappa shape index (κ2) is 8.81. The lowest BCUT2D eigenvalue weighted by atomic mass is 10.2. The average molecular weight is 386 g/mol. The first kappa shape index (κ1) is 18.4. The smallest absolute Gasteiger partial charge is 0.271 e. The quantitative estimate of drug-likeness (QED) is 0.479. The van der Waals surface area contributed by atoms with Crippen LogP contribution in [0.1, 0.15) is 11.1 Å².